The molecule has 0 radical (unpaired) electrons. The van der Waals surface area contributed by atoms with E-state index < -0.39 is 47.7 Å². The molecule has 162 valence electrons. The van der Waals surface area contributed by atoms with Crippen LogP contribution in [0, 0.1) is 0 Å². The Hall–Kier alpha value is -2.96. The van der Waals surface area contributed by atoms with Gasteiger partial charge in [0.2, 0.25) is 0 Å². The predicted octanol–water partition coefficient (Wildman–Crippen LogP) is -0.495. The van der Waals surface area contributed by atoms with Crippen molar-refractivity contribution in [1.29, 1.82) is 0 Å². The SMILES string of the molecule is CCOC(=O)[C@H](C)OC(=O)OC1[C@H]2O[C@@](C)(c3ccc4c(N)ncnn34)[C@H](O)[C@@]12O. The van der Waals surface area contributed by atoms with Crippen molar-refractivity contribution in [3.8, 4) is 0 Å². The standard InChI is InChI=1S/C18H22N4O8/c1-4-27-14(23)8(2)28-16(25)29-11-12-18(11,26)15(24)17(3,30-12)10-6-5-9-13(19)20-7-21-22(9)10/h5-8,11-12,15,24,26H,4H2,1-3H3,(H2,19,20,21)/t8-,11?,12+,15-,17-,18+/m0/s1. The van der Waals surface area contributed by atoms with E-state index in [-0.39, 0.29) is 12.4 Å². The first-order valence-corrected chi connectivity index (χ1v) is 9.35. The molecule has 4 N–H and O–H groups in total. The van der Waals surface area contributed by atoms with Crippen molar-refractivity contribution in [1.82, 2.24) is 14.6 Å². The van der Waals surface area contributed by atoms with E-state index in [0.717, 1.165) is 0 Å². The summed E-state index contributed by atoms with van der Waals surface area (Å²) in [5.41, 5.74) is 3.60. The van der Waals surface area contributed by atoms with E-state index in [1.807, 2.05) is 0 Å². The zero-order valence-corrected chi connectivity index (χ0v) is 16.5. The Morgan fingerprint density at radius 1 is 1.43 bits per heavy atom. The number of hydrogen-bond donors (Lipinski definition) is 3. The number of ether oxygens (including phenoxy) is 4. The van der Waals surface area contributed by atoms with Crippen LogP contribution in [0.3, 0.4) is 0 Å². The normalized spacial score (nSPS) is 33.0. The van der Waals surface area contributed by atoms with Gasteiger partial charge in [-0.1, -0.05) is 0 Å². The fourth-order valence-corrected chi connectivity index (χ4v) is 3.84. The first kappa shape index (κ1) is 20.3. The third-order valence-electron chi connectivity index (χ3n) is 5.51. The van der Waals surface area contributed by atoms with Gasteiger partial charge in [-0.15, -0.1) is 0 Å². The highest BCUT2D eigenvalue weighted by atomic mass is 16.8. The van der Waals surface area contributed by atoms with Gasteiger partial charge in [-0.05, 0) is 32.9 Å². The number of aliphatic hydroxyl groups is 2. The second-order valence-corrected chi connectivity index (χ2v) is 7.40. The first-order chi connectivity index (χ1) is 14.1. The van der Waals surface area contributed by atoms with Gasteiger partial charge in [0.05, 0.1) is 12.3 Å². The van der Waals surface area contributed by atoms with Gasteiger partial charge in [-0.25, -0.2) is 19.1 Å². The molecule has 1 saturated carbocycles. The molecule has 0 spiro atoms. The monoisotopic (exact) mass is 422 g/mol. The number of nitrogens with zero attached hydrogens (tertiary/aromatic N) is 3. The Bertz CT molecular complexity index is 1010. The molecule has 1 unspecified atom stereocenters. The zero-order valence-electron chi connectivity index (χ0n) is 16.5. The topological polar surface area (TPSA) is 168 Å². The van der Waals surface area contributed by atoms with Crippen molar-refractivity contribution in [2.24, 2.45) is 0 Å². The van der Waals surface area contributed by atoms with E-state index in [9.17, 15) is 19.8 Å². The molecule has 0 amide bonds. The Morgan fingerprint density at radius 3 is 2.80 bits per heavy atom. The van der Waals surface area contributed by atoms with Crippen molar-refractivity contribution in [3.05, 3.63) is 24.2 Å². The summed E-state index contributed by atoms with van der Waals surface area (Å²) in [5.74, 6) is -0.481. The van der Waals surface area contributed by atoms with Gasteiger partial charge in [0.1, 0.15) is 29.7 Å². The van der Waals surface area contributed by atoms with Crippen LogP contribution in [0.5, 0.6) is 0 Å². The average Bonchev–Trinajstić information content (AvgIpc) is 3.00. The highest BCUT2D eigenvalue weighted by Gasteiger charge is 2.82. The Morgan fingerprint density at radius 2 is 2.17 bits per heavy atom. The maximum atomic E-state index is 12.0. The van der Waals surface area contributed by atoms with E-state index in [2.05, 4.69) is 10.1 Å². The van der Waals surface area contributed by atoms with Crippen LogP contribution < -0.4 is 5.73 Å². The largest absolute Gasteiger partial charge is 0.509 e. The first-order valence-electron chi connectivity index (χ1n) is 9.35. The van der Waals surface area contributed by atoms with E-state index in [1.54, 1.807) is 26.0 Å². The zero-order chi connectivity index (χ0) is 21.8. The summed E-state index contributed by atoms with van der Waals surface area (Å²) in [7, 11) is 0. The number of carbonyl (C=O) groups excluding carboxylic acids is 2. The Labute approximate surface area is 170 Å². The molecule has 4 rings (SSSR count). The van der Waals surface area contributed by atoms with Gasteiger partial charge in [-0.3, -0.25) is 0 Å². The number of hydrogen-bond acceptors (Lipinski definition) is 11. The molecule has 2 aromatic rings. The summed E-state index contributed by atoms with van der Waals surface area (Å²) in [5, 5.41) is 25.9. The molecule has 30 heavy (non-hydrogen) atoms. The van der Waals surface area contributed by atoms with E-state index in [4.69, 9.17) is 24.7 Å². The molecule has 1 aliphatic heterocycles. The summed E-state index contributed by atoms with van der Waals surface area (Å²) in [6, 6.07) is 3.32. The molecule has 1 aliphatic carbocycles. The van der Waals surface area contributed by atoms with Crippen molar-refractivity contribution in [3.63, 3.8) is 0 Å². The predicted molar refractivity (Wildman–Crippen MR) is 98.0 cm³/mol. The van der Waals surface area contributed by atoms with Gasteiger partial charge in [0, 0.05) is 0 Å². The lowest BCUT2D eigenvalue weighted by Gasteiger charge is -2.32. The third kappa shape index (κ3) is 2.79. The number of fused-ring (bicyclic) bond motifs is 2. The molecule has 2 fully saturated rings. The van der Waals surface area contributed by atoms with Gasteiger partial charge < -0.3 is 34.9 Å². The fraction of sp³-hybridized carbons (Fsp3) is 0.556. The van der Waals surface area contributed by atoms with E-state index >= 15 is 0 Å². The number of anilines is 1. The number of nitrogen functional groups attached to an aromatic ring is 1. The number of aliphatic hydroxyl groups excluding tert-OH is 1. The Balaban J connectivity index is 1.47. The number of rotatable bonds is 5. The molecular formula is C18H22N4O8. The molecule has 2 aromatic heterocycles. The van der Waals surface area contributed by atoms with Crippen LogP contribution in [0.4, 0.5) is 10.6 Å². The molecule has 0 aromatic carbocycles. The minimum absolute atomic E-state index is 0.135. The molecule has 6 atom stereocenters. The number of nitrogens with two attached hydrogens (primary N) is 1. The summed E-state index contributed by atoms with van der Waals surface area (Å²) in [6.07, 6.45) is -4.71. The highest BCUT2D eigenvalue weighted by Crippen LogP contribution is 2.59. The van der Waals surface area contributed by atoms with Crippen LogP contribution in [0.15, 0.2) is 18.5 Å². The second kappa shape index (κ2) is 6.79. The third-order valence-corrected chi connectivity index (χ3v) is 5.51. The van der Waals surface area contributed by atoms with Gasteiger partial charge in [-0.2, -0.15) is 5.10 Å². The number of esters is 1. The molecular weight excluding hydrogens is 400 g/mol. The summed E-state index contributed by atoms with van der Waals surface area (Å²) >= 11 is 0. The molecule has 12 heteroatoms. The number of carbonyl (C=O) groups is 2. The smallest absolute Gasteiger partial charge is 0.463 e. The summed E-state index contributed by atoms with van der Waals surface area (Å²) < 4.78 is 22.0. The molecule has 2 aliphatic rings. The van der Waals surface area contributed by atoms with Crippen molar-refractivity contribution < 1.29 is 38.7 Å². The second-order valence-electron chi connectivity index (χ2n) is 7.40. The van der Waals surface area contributed by atoms with Gasteiger partial charge in [0.15, 0.2) is 23.6 Å². The lowest BCUT2D eigenvalue weighted by atomic mass is 9.91. The minimum Gasteiger partial charge on any atom is -0.463 e. The molecule has 3 heterocycles. The van der Waals surface area contributed by atoms with Gasteiger partial charge >= 0.3 is 12.1 Å². The van der Waals surface area contributed by atoms with Crippen molar-refractivity contribution in [2.75, 3.05) is 12.3 Å². The van der Waals surface area contributed by atoms with Crippen molar-refractivity contribution in [2.45, 2.75) is 56.4 Å². The fourth-order valence-electron chi connectivity index (χ4n) is 3.84. The lowest BCUT2D eigenvalue weighted by molar-refractivity contribution is -0.155. The van der Waals surface area contributed by atoms with Crippen LogP contribution in [0.1, 0.15) is 26.5 Å². The molecule has 1 saturated heterocycles. The van der Waals surface area contributed by atoms with Crippen molar-refractivity contribution >= 4 is 23.5 Å². The lowest BCUT2D eigenvalue weighted by Crippen LogP contribution is -2.46. The van der Waals surface area contributed by atoms with Crippen LogP contribution >= 0.6 is 0 Å². The maximum Gasteiger partial charge on any atom is 0.509 e. The van der Waals surface area contributed by atoms with E-state index in [1.165, 1.54) is 17.8 Å². The summed E-state index contributed by atoms with van der Waals surface area (Å²) in [4.78, 5) is 27.4. The van der Waals surface area contributed by atoms with Gasteiger partial charge in [0.25, 0.3) is 0 Å². The maximum absolute atomic E-state index is 12.0. The quantitative estimate of drug-likeness (QED) is 0.531. The Kier molecular flexibility index (Phi) is 4.60. The minimum atomic E-state index is -1.84. The van der Waals surface area contributed by atoms with Crippen LogP contribution in [-0.4, -0.2) is 73.6 Å². The molecule has 12 nitrogen and oxygen atoms in total. The van der Waals surface area contributed by atoms with Crippen LogP contribution in [0.25, 0.3) is 5.52 Å². The van der Waals surface area contributed by atoms with Crippen LogP contribution in [0.2, 0.25) is 0 Å². The number of aromatic nitrogens is 3. The molecule has 0 bridgehead atoms. The average molecular weight is 422 g/mol. The highest BCUT2D eigenvalue weighted by molar-refractivity contribution is 5.77. The van der Waals surface area contributed by atoms with Crippen LogP contribution in [-0.2, 0) is 29.3 Å². The van der Waals surface area contributed by atoms with E-state index in [0.29, 0.717) is 11.2 Å². The summed E-state index contributed by atoms with van der Waals surface area (Å²) in [6.45, 7) is 4.67.